The van der Waals surface area contributed by atoms with Crippen molar-refractivity contribution in [1.82, 2.24) is 10.8 Å². The van der Waals surface area contributed by atoms with E-state index in [1.54, 1.807) is 0 Å². The largest absolute Gasteiger partial charge is 0.457 e. The second-order valence-electron chi connectivity index (χ2n) is 6.39. The molecule has 1 heterocycles. The first-order valence-electron chi connectivity index (χ1n) is 8.42. The molecule has 10 heteroatoms. The lowest BCUT2D eigenvalue weighted by atomic mass is 9.93. The van der Waals surface area contributed by atoms with Crippen LogP contribution in [0.25, 0.3) is 0 Å². The molecule has 1 saturated heterocycles. The van der Waals surface area contributed by atoms with Crippen LogP contribution in [0.15, 0.2) is 53.4 Å². The number of β-amino-alcohol motifs (C(OH)–C–C–N with tert-alkyl or cyclic N) is 1. The van der Waals surface area contributed by atoms with Crippen molar-refractivity contribution in [2.75, 3.05) is 13.1 Å². The normalized spacial score (nSPS) is 22.5. The number of nitrogens with one attached hydrogen (secondary N) is 2. The Labute approximate surface area is 160 Å². The predicted octanol–water partition coefficient (Wildman–Crippen LogP) is 0.990. The third-order valence-corrected chi connectivity index (χ3v) is 6.89. The van der Waals surface area contributed by atoms with Crippen molar-refractivity contribution in [3.63, 3.8) is 0 Å². The van der Waals surface area contributed by atoms with Crippen LogP contribution in [0.5, 0.6) is 11.5 Å². The minimum absolute atomic E-state index is 0.0138. The van der Waals surface area contributed by atoms with Crippen molar-refractivity contribution < 1.29 is 32.7 Å². The van der Waals surface area contributed by atoms with E-state index >= 15 is 0 Å². The summed E-state index contributed by atoms with van der Waals surface area (Å²) in [7, 11) is -4.09. The van der Waals surface area contributed by atoms with Crippen LogP contribution in [0.3, 0.4) is 0 Å². The van der Waals surface area contributed by atoms with E-state index in [9.17, 15) is 22.7 Å². The number of carbonyl (C=O) groups excluding carboxylic acids is 1. The van der Waals surface area contributed by atoms with Gasteiger partial charge in [0.15, 0.2) is 15.4 Å². The van der Waals surface area contributed by atoms with Crippen LogP contribution in [0.4, 0.5) is 4.39 Å². The van der Waals surface area contributed by atoms with E-state index in [1.165, 1.54) is 54.0 Å². The molecule has 2 aromatic carbocycles. The van der Waals surface area contributed by atoms with Crippen molar-refractivity contribution in [3.05, 3.63) is 54.3 Å². The van der Waals surface area contributed by atoms with Crippen LogP contribution in [-0.2, 0) is 14.6 Å². The first-order valence-corrected chi connectivity index (χ1v) is 9.97. The number of ether oxygens (including phenoxy) is 1. The van der Waals surface area contributed by atoms with Gasteiger partial charge < -0.3 is 15.2 Å². The Morgan fingerprint density at radius 1 is 1.14 bits per heavy atom. The van der Waals surface area contributed by atoms with Crippen molar-refractivity contribution in [2.24, 2.45) is 0 Å². The Kier molecular flexibility index (Phi) is 5.66. The van der Waals surface area contributed by atoms with Crippen LogP contribution in [0.2, 0.25) is 0 Å². The van der Waals surface area contributed by atoms with E-state index in [0.29, 0.717) is 11.5 Å². The van der Waals surface area contributed by atoms with Crippen molar-refractivity contribution in [2.45, 2.75) is 22.2 Å². The Bertz CT molecular complexity index is 949. The number of sulfone groups is 1. The summed E-state index contributed by atoms with van der Waals surface area (Å²) >= 11 is 0. The maximum absolute atomic E-state index is 13.0. The number of piperidine rings is 1. The summed E-state index contributed by atoms with van der Waals surface area (Å²) in [6, 6.07) is 10.8. The molecule has 1 amide bonds. The number of hydrogen-bond acceptors (Lipinski definition) is 7. The summed E-state index contributed by atoms with van der Waals surface area (Å²) in [5, 5.41) is 20.8. The van der Waals surface area contributed by atoms with Crippen molar-refractivity contribution >= 4 is 15.7 Å². The fourth-order valence-electron chi connectivity index (χ4n) is 3.10. The Morgan fingerprint density at radius 2 is 1.71 bits per heavy atom. The zero-order valence-electron chi connectivity index (χ0n) is 14.6. The third kappa shape index (κ3) is 3.85. The molecule has 4 N–H and O–H groups in total. The molecular formula is C18H19FN2O6S. The van der Waals surface area contributed by atoms with Gasteiger partial charge in [0.2, 0.25) is 0 Å². The summed E-state index contributed by atoms with van der Waals surface area (Å²) in [6.07, 6.45) is -0.0138. The number of aliphatic hydroxyl groups is 1. The molecule has 1 fully saturated rings. The Hall–Kier alpha value is -2.53. The molecule has 0 bridgehead atoms. The highest BCUT2D eigenvalue weighted by atomic mass is 32.2. The molecule has 28 heavy (non-hydrogen) atoms. The van der Waals surface area contributed by atoms with Gasteiger partial charge in [0, 0.05) is 6.54 Å². The highest BCUT2D eigenvalue weighted by Crippen LogP contribution is 2.31. The number of halogens is 1. The average Bonchev–Trinajstić information content (AvgIpc) is 2.69. The maximum atomic E-state index is 13.0. The van der Waals surface area contributed by atoms with E-state index < -0.39 is 32.4 Å². The molecule has 0 saturated carbocycles. The van der Waals surface area contributed by atoms with Crippen LogP contribution >= 0.6 is 0 Å². The van der Waals surface area contributed by atoms with E-state index in [2.05, 4.69) is 5.32 Å². The van der Waals surface area contributed by atoms with Crippen LogP contribution in [0.1, 0.15) is 6.42 Å². The smallest absolute Gasteiger partial charge is 0.277 e. The topological polar surface area (TPSA) is 125 Å². The molecule has 0 spiro atoms. The lowest BCUT2D eigenvalue weighted by molar-refractivity contribution is -0.149. The number of hydrogen-bond donors (Lipinski definition) is 4. The number of benzene rings is 2. The van der Waals surface area contributed by atoms with Gasteiger partial charge in [0.25, 0.3) is 5.91 Å². The molecule has 8 nitrogen and oxygen atoms in total. The summed E-state index contributed by atoms with van der Waals surface area (Å²) < 4.78 is 44.5. The molecule has 0 radical (unpaired) electrons. The molecule has 1 aliphatic rings. The van der Waals surface area contributed by atoms with Gasteiger partial charge in [-0.1, -0.05) is 0 Å². The molecule has 150 valence electrons. The minimum atomic E-state index is -4.09. The predicted molar refractivity (Wildman–Crippen MR) is 96.3 cm³/mol. The number of hydroxylamine groups is 1. The maximum Gasteiger partial charge on any atom is 0.277 e. The molecule has 0 aromatic heterocycles. The van der Waals surface area contributed by atoms with Gasteiger partial charge >= 0.3 is 0 Å². The molecular weight excluding hydrogens is 391 g/mol. The van der Waals surface area contributed by atoms with Gasteiger partial charge in [-0.3, -0.25) is 10.0 Å². The van der Waals surface area contributed by atoms with Crippen LogP contribution in [0, 0.1) is 5.82 Å². The molecule has 2 aromatic rings. The molecule has 2 unspecified atom stereocenters. The molecule has 2 atom stereocenters. The van der Waals surface area contributed by atoms with Gasteiger partial charge in [-0.15, -0.1) is 0 Å². The number of carbonyl (C=O) groups is 1. The Morgan fingerprint density at radius 3 is 2.29 bits per heavy atom. The Balaban J connectivity index is 1.85. The fourth-order valence-corrected chi connectivity index (χ4v) is 5.08. The second kappa shape index (κ2) is 7.84. The van der Waals surface area contributed by atoms with E-state index in [4.69, 9.17) is 9.94 Å². The van der Waals surface area contributed by atoms with Gasteiger partial charge in [0.1, 0.15) is 22.6 Å². The second-order valence-corrected chi connectivity index (χ2v) is 8.52. The van der Waals surface area contributed by atoms with Crippen molar-refractivity contribution in [1.29, 1.82) is 0 Å². The van der Waals surface area contributed by atoms with Gasteiger partial charge in [-0.05, 0) is 61.5 Å². The molecule has 1 aliphatic heterocycles. The standard InChI is InChI=1S/C18H19FN2O6S/c19-12-1-3-13(4-2-12)27-14-5-7-15(8-6-14)28(25,26)16-9-10-20-11-18(16,23)17(22)21-24/h1-8,16,20,23-24H,9-11H2,(H,21,22). The van der Waals surface area contributed by atoms with E-state index in [-0.39, 0.29) is 24.4 Å². The SMILES string of the molecule is O=C(NO)C1(O)CNCCC1S(=O)(=O)c1ccc(Oc2ccc(F)cc2)cc1. The zero-order chi connectivity index (χ0) is 20.4. The van der Waals surface area contributed by atoms with Gasteiger partial charge in [-0.2, -0.15) is 0 Å². The van der Waals surface area contributed by atoms with E-state index in [0.717, 1.165) is 0 Å². The minimum Gasteiger partial charge on any atom is -0.457 e. The summed E-state index contributed by atoms with van der Waals surface area (Å²) in [4.78, 5) is 11.8. The summed E-state index contributed by atoms with van der Waals surface area (Å²) in [5.41, 5.74) is -0.981. The molecule has 0 aliphatic carbocycles. The van der Waals surface area contributed by atoms with Crippen LogP contribution in [-0.4, -0.2) is 48.6 Å². The number of rotatable bonds is 5. The fraction of sp³-hybridized carbons (Fsp3) is 0.278. The van der Waals surface area contributed by atoms with E-state index in [1.807, 2.05) is 0 Å². The summed E-state index contributed by atoms with van der Waals surface area (Å²) in [5.74, 6) is -0.886. The van der Waals surface area contributed by atoms with Gasteiger partial charge in [0.05, 0.1) is 4.90 Å². The zero-order valence-corrected chi connectivity index (χ0v) is 15.4. The first-order chi connectivity index (χ1) is 13.3. The third-order valence-electron chi connectivity index (χ3n) is 4.58. The monoisotopic (exact) mass is 410 g/mol. The quantitative estimate of drug-likeness (QED) is 0.428. The van der Waals surface area contributed by atoms with Crippen molar-refractivity contribution in [3.8, 4) is 11.5 Å². The van der Waals surface area contributed by atoms with Crippen LogP contribution < -0.4 is 15.5 Å². The highest BCUT2D eigenvalue weighted by molar-refractivity contribution is 7.92. The lowest BCUT2D eigenvalue weighted by Gasteiger charge is -2.37. The highest BCUT2D eigenvalue weighted by Gasteiger charge is 2.52. The lowest BCUT2D eigenvalue weighted by Crippen LogP contribution is -2.65. The molecule has 3 rings (SSSR count). The van der Waals surface area contributed by atoms with Gasteiger partial charge in [-0.25, -0.2) is 18.3 Å². The number of amides is 1. The first kappa shape index (κ1) is 20.2. The summed E-state index contributed by atoms with van der Waals surface area (Å²) in [6.45, 7) is -0.0221. The average molecular weight is 410 g/mol.